The van der Waals surface area contributed by atoms with Crippen molar-refractivity contribution in [3.8, 4) is 0 Å². The van der Waals surface area contributed by atoms with Gasteiger partial charge in [-0.2, -0.15) is 0 Å². The van der Waals surface area contributed by atoms with E-state index in [9.17, 15) is 4.79 Å². The van der Waals surface area contributed by atoms with Crippen molar-refractivity contribution in [3.05, 3.63) is 0 Å². The van der Waals surface area contributed by atoms with Crippen LogP contribution in [0.2, 0.25) is 0 Å². The molecule has 0 amide bonds. The number of rotatable bonds is 0. The van der Waals surface area contributed by atoms with E-state index in [2.05, 4.69) is 0 Å². The minimum atomic E-state index is 0.167. The molecule has 0 aliphatic carbocycles. The average molecular weight is 143 g/mol. The summed E-state index contributed by atoms with van der Waals surface area (Å²) in [6, 6.07) is 0. The fourth-order valence-corrected chi connectivity index (χ4v) is 0. The summed E-state index contributed by atoms with van der Waals surface area (Å²) < 4.78 is 0. The third-order valence-corrected chi connectivity index (χ3v) is 0. The van der Waals surface area contributed by atoms with Crippen molar-refractivity contribution >= 4 is 29.0 Å². The van der Waals surface area contributed by atoms with Gasteiger partial charge in [0.25, 0.3) is 0 Å². The predicted octanol–water partition coefficient (Wildman–Crippen LogP) is 2.02. The summed E-state index contributed by atoms with van der Waals surface area (Å²) in [4.78, 5) is 9.44. The van der Waals surface area contributed by atoms with Gasteiger partial charge in [-0.3, -0.25) is 0 Å². The van der Waals surface area contributed by atoms with Gasteiger partial charge in [0.2, 0.25) is 0 Å². The van der Waals surface area contributed by atoms with Crippen LogP contribution < -0.4 is 0 Å². The first-order valence-electron chi connectivity index (χ1n) is 1.74. The fraction of sp³-hybridized carbons (Fsp3) is 0.750. The van der Waals surface area contributed by atoms with E-state index < -0.39 is 0 Å². The summed E-state index contributed by atoms with van der Waals surface area (Å²) in [7, 11) is 0. The lowest BCUT2D eigenvalue weighted by molar-refractivity contribution is -0.114. The lowest BCUT2D eigenvalue weighted by Gasteiger charge is -1.56. The Morgan fingerprint density at radius 3 is 1.43 bits per heavy atom. The van der Waals surface area contributed by atoms with Crippen molar-refractivity contribution in [1.82, 2.24) is 0 Å². The second-order valence-corrected chi connectivity index (χ2v) is 1.82. The van der Waals surface area contributed by atoms with Crippen molar-refractivity contribution in [3.63, 3.8) is 0 Å². The molecule has 0 aromatic carbocycles. The molecule has 1 nitrogen and oxygen atoms in total. The highest BCUT2D eigenvalue weighted by atomic mass is 35.5. The van der Waals surface area contributed by atoms with Gasteiger partial charge in [-0.15, -0.1) is 23.2 Å². The molecule has 0 bridgehead atoms. The second kappa shape index (κ2) is 9.54. The van der Waals surface area contributed by atoms with E-state index in [1.54, 1.807) is 0 Å². The number of halogens is 2. The van der Waals surface area contributed by atoms with Crippen molar-refractivity contribution in [1.29, 1.82) is 0 Å². The van der Waals surface area contributed by atoms with E-state index in [0.29, 0.717) is 0 Å². The van der Waals surface area contributed by atoms with Gasteiger partial charge in [-0.1, -0.05) is 0 Å². The van der Waals surface area contributed by atoms with Gasteiger partial charge in [0.1, 0.15) is 5.78 Å². The van der Waals surface area contributed by atoms with Crippen molar-refractivity contribution in [2.75, 3.05) is 5.34 Å². The van der Waals surface area contributed by atoms with E-state index in [1.807, 2.05) is 0 Å². The summed E-state index contributed by atoms with van der Waals surface area (Å²) in [5, 5.41) is 0.194. The minimum absolute atomic E-state index is 0.167. The molecule has 0 N–H and O–H groups in total. The van der Waals surface area contributed by atoms with Gasteiger partial charge in [-0.25, -0.2) is 0 Å². The van der Waals surface area contributed by atoms with Crippen LogP contribution in [0.15, 0.2) is 0 Å². The number of alkyl halides is 2. The molecule has 0 aromatic rings. The lowest BCUT2D eigenvalue weighted by Crippen LogP contribution is -1.69. The molecule has 0 unspecified atom stereocenters. The quantitative estimate of drug-likeness (QED) is 0.474. The Labute approximate surface area is 53.6 Å². The maximum atomic E-state index is 9.44. The van der Waals surface area contributed by atoms with Gasteiger partial charge in [0.15, 0.2) is 0 Å². The SMILES string of the molecule is CC(C)=O.ClCCl. The average Bonchev–Trinajstić information content (AvgIpc) is 1.33. The van der Waals surface area contributed by atoms with Gasteiger partial charge in [0.05, 0.1) is 5.34 Å². The third kappa shape index (κ3) is 1810. The number of hydrogen-bond acceptors (Lipinski definition) is 1. The monoisotopic (exact) mass is 142 g/mol. The first-order valence-corrected chi connectivity index (χ1v) is 2.81. The van der Waals surface area contributed by atoms with E-state index >= 15 is 0 Å². The fourth-order valence-electron chi connectivity index (χ4n) is 0. The Balaban J connectivity index is 0. The number of carbonyl (C=O) groups is 1. The zero-order valence-electron chi connectivity index (χ0n) is 4.37. The van der Waals surface area contributed by atoms with Gasteiger partial charge in [0, 0.05) is 0 Å². The standard InChI is InChI=1S/C3H6O.CH2Cl2/c1-3(2)4;2-1-3/h1-2H3;1H2. The normalized spacial score (nSPS) is 6.29. The molecule has 0 radical (unpaired) electrons. The Morgan fingerprint density at radius 2 is 1.43 bits per heavy atom. The van der Waals surface area contributed by atoms with Crippen LogP contribution in [0, 0.1) is 0 Å². The minimum Gasteiger partial charge on any atom is -0.300 e. The molecule has 0 aliphatic rings. The number of Topliss-reactive ketones (excluding diaryl/α,β-unsaturated/α-hetero) is 1. The van der Waals surface area contributed by atoms with Gasteiger partial charge < -0.3 is 4.79 Å². The van der Waals surface area contributed by atoms with Crippen LogP contribution >= 0.6 is 23.2 Å². The smallest absolute Gasteiger partial charge is 0.126 e. The molecule has 0 fully saturated rings. The predicted molar refractivity (Wildman–Crippen MR) is 32.9 cm³/mol. The van der Waals surface area contributed by atoms with Crippen LogP contribution in [0.25, 0.3) is 0 Å². The van der Waals surface area contributed by atoms with Crippen LogP contribution in [0.5, 0.6) is 0 Å². The van der Waals surface area contributed by atoms with Crippen LogP contribution in [0.4, 0.5) is 0 Å². The van der Waals surface area contributed by atoms with E-state index in [0.717, 1.165) is 0 Å². The zero-order valence-corrected chi connectivity index (χ0v) is 5.88. The van der Waals surface area contributed by atoms with Crippen molar-refractivity contribution < 1.29 is 4.79 Å². The third-order valence-electron chi connectivity index (χ3n) is 0. The second-order valence-electron chi connectivity index (χ2n) is 1.01. The molecular formula is C4H8Cl2O. The summed E-state index contributed by atoms with van der Waals surface area (Å²) in [6.07, 6.45) is 0. The number of ketones is 1. The molecule has 44 valence electrons. The van der Waals surface area contributed by atoms with Gasteiger partial charge in [-0.05, 0) is 13.8 Å². The summed E-state index contributed by atoms with van der Waals surface area (Å²) in [5.41, 5.74) is 0. The molecule has 0 heterocycles. The summed E-state index contributed by atoms with van der Waals surface area (Å²) in [5.74, 6) is 0.167. The largest absolute Gasteiger partial charge is 0.300 e. The molecule has 0 atom stereocenters. The van der Waals surface area contributed by atoms with Gasteiger partial charge >= 0.3 is 0 Å². The Kier molecular flexibility index (Phi) is 14.0. The molecule has 0 saturated heterocycles. The lowest BCUT2D eigenvalue weighted by atomic mass is 10.6. The molecule has 0 spiro atoms. The Bertz CT molecular complexity index is 41.0. The highest BCUT2D eigenvalue weighted by Crippen LogP contribution is 1.73. The van der Waals surface area contributed by atoms with Crippen molar-refractivity contribution in [2.45, 2.75) is 13.8 Å². The molecule has 0 aliphatic heterocycles. The van der Waals surface area contributed by atoms with E-state index in [4.69, 9.17) is 23.2 Å². The van der Waals surface area contributed by atoms with Crippen LogP contribution in [-0.2, 0) is 4.79 Å². The summed E-state index contributed by atoms with van der Waals surface area (Å²) >= 11 is 9.53. The Hall–Kier alpha value is 0.250. The van der Waals surface area contributed by atoms with Crippen molar-refractivity contribution in [2.24, 2.45) is 0 Å². The maximum absolute atomic E-state index is 9.44. The van der Waals surface area contributed by atoms with Crippen LogP contribution in [-0.4, -0.2) is 11.1 Å². The van der Waals surface area contributed by atoms with E-state index in [-0.39, 0.29) is 11.1 Å². The highest BCUT2D eigenvalue weighted by Gasteiger charge is 1.62. The molecule has 0 aromatic heterocycles. The van der Waals surface area contributed by atoms with E-state index in [1.165, 1.54) is 13.8 Å². The highest BCUT2D eigenvalue weighted by molar-refractivity contribution is 6.40. The molecular weight excluding hydrogens is 135 g/mol. The number of carbonyl (C=O) groups excluding carboxylic acids is 1. The molecule has 0 rings (SSSR count). The maximum Gasteiger partial charge on any atom is 0.126 e. The molecule has 3 heteroatoms. The molecule has 0 saturated carbocycles. The summed E-state index contributed by atoms with van der Waals surface area (Å²) in [6.45, 7) is 3.06. The zero-order chi connectivity index (χ0) is 6.28. The first kappa shape index (κ1) is 10.3. The Morgan fingerprint density at radius 1 is 1.43 bits per heavy atom. The molecule has 7 heavy (non-hydrogen) atoms. The topological polar surface area (TPSA) is 17.1 Å². The van der Waals surface area contributed by atoms with Crippen LogP contribution in [0.1, 0.15) is 13.8 Å². The van der Waals surface area contributed by atoms with Crippen LogP contribution in [0.3, 0.4) is 0 Å². The first-order chi connectivity index (χ1) is 3.15. The number of hydrogen-bond donors (Lipinski definition) is 0.